The second kappa shape index (κ2) is 10.0. The molecule has 0 unspecified atom stereocenters. The molecule has 3 atom stereocenters. The van der Waals surface area contributed by atoms with Crippen molar-refractivity contribution in [3.05, 3.63) is 56.6 Å². The number of aryl methyl sites for hydroxylation is 1. The topological polar surface area (TPSA) is 130 Å². The first-order valence-corrected chi connectivity index (χ1v) is 13.3. The van der Waals surface area contributed by atoms with Gasteiger partial charge >= 0.3 is 12.1 Å². The summed E-state index contributed by atoms with van der Waals surface area (Å²) in [6.07, 6.45) is 0.275. The zero-order chi connectivity index (χ0) is 28.2. The number of nitrogens with zero attached hydrogens (tertiary/aromatic N) is 5. The van der Waals surface area contributed by atoms with E-state index < -0.39 is 12.0 Å². The van der Waals surface area contributed by atoms with Crippen LogP contribution < -0.4 is 15.8 Å². The molecule has 1 aliphatic carbocycles. The number of amides is 1. The molecule has 0 spiro atoms. The number of aromatic nitrogens is 3. The van der Waals surface area contributed by atoms with Gasteiger partial charge < -0.3 is 25.0 Å². The molecule has 1 saturated heterocycles. The Morgan fingerprint density at radius 1 is 1.15 bits per heavy atom. The van der Waals surface area contributed by atoms with Gasteiger partial charge in [0.2, 0.25) is 5.95 Å². The summed E-state index contributed by atoms with van der Waals surface area (Å²) in [7, 11) is 1.71. The van der Waals surface area contributed by atoms with Crippen molar-refractivity contribution in [3.63, 3.8) is 0 Å². The van der Waals surface area contributed by atoms with E-state index in [0.29, 0.717) is 35.6 Å². The second-order valence-corrected chi connectivity index (χ2v) is 10.8. The van der Waals surface area contributed by atoms with Crippen molar-refractivity contribution in [2.45, 2.75) is 58.3 Å². The van der Waals surface area contributed by atoms with Gasteiger partial charge in [0.25, 0.3) is 5.56 Å². The standard InChI is InChI=1S/C27H31ClN6O5/c1-13(2)39-27(38)34-9-8-33(19-12-20(19)34)26-31-22-16(10-14(3)11-17(22)24(35)32(26)5)15(4)29-18-6-7-21(28)30-23(18)25(36)37/h6-7,10-11,13,15,19-20,29H,8-9,12H2,1-5H3,(H,36,37)/t15-,19-,20+/m1/s1. The van der Waals surface area contributed by atoms with Crippen LogP contribution in [0.2, 0.25) is 5.15 Å². The van der Waals surface area contributed by atoms with Gasteiger partial charge in [-0.2, -0.15) is 0 Å². The van der Waals surface area contributed by atoms with Crippen molar-refractivity contribution >= 4 is 46.2 Å². The van der Waals surface area contributed by atoms with Crippen molar-refractivity contribution < 1.29 is 19.4 Å². The lowest BCUT2D eigenvalue weighted by Crippen LogP contribution is -2.50. The van der Waals surface area contributed by atoms with Gasteiger partial charge in [0.05, 0.1) is 40.8 Å². The van der Waals surface area contributed by atoms with Gasteiger partial charge in [-0.25, -0.2) is 19.6 Å². The Morgan fingerprint density at radius 2 is 1.90 bits per heavy atom. The number of pyridine rings is 1. The fourth-order valence-corrected chi connectivity index (χ4v) is 5.43. The lowest BCUT2D eigenvalue weighted by molar-refractivity contribution is 0.0688. The largest absolute Gasteiger partial charge is 0.476 e. The zero-order valence-electron chi connectivity index (χ0n) is 22.4. The Labute approximate surface area is 230 Å². The Kier molecular flexibility index (Phi) is 6.88. The molecule has 1 saturated carbocycles. The highest BCUT2D eigenvalue weighted by Crippen LogP contribution is 2.39. The van der Waals surface area contributed by atoms with Crippen LogP contribution in [0.1, 0.15) is 54.8 Å². The summed E-state index contributed by atoms with van der Waals surface area (Å²) in [6.45, 7) is 8.43. The average Bonchev–Trinajstić information content (AvgIpc) is 3.67. The SMILES string of the molecule is Cc1cc([C@@H](C)Nc2ccc(Cl)nc2C(=O)O)c2nc(N3CCN(C(=O)OC(C)C)[C@H]4C[C@H]43)n(C)c(=O)c2c1. The number of hydrogen-bond acceptors (Lipinski definition) is 8. The van der Waals surface area contributed by atoms with Gasteiger partial charge in [-0.3, -0.25) is 9.36 Å². The molecule has 3 heterocycles. The molecular formula is C27H31ClN6O5. The van der Waals surface area contributed by atoms with Crippen molar-refractivity contribution in [2.75, 3.05) is 23.3 Å². The number of ether oxygens (including phenoxy) is 1. The molecular weight excluding hydrogens is 524 g/mol. The Balaban J connectivity index is 1.51. The van der Waals surface area contributed by atoms with Gasteiger partial charge in [-0.15, -0.1) is 0 Å². The van der Waals surface area contributed by atoms with E-state index in [1.165, 1.54) is 6.07 Å². The van der Waals surface area contributed by atoms with E-state index >= 15 is 0 Å². The first-order chi connectivity index (χ1) is 18.5. The summed E-state index contributed by atoms with van der Waals surface area (Å²) in [4.78, 5) is 50.6. The summed E-state index contributed by atoms with van der Waals surface area (Å²) >= 11 is 5.92. The molecule has 1 amide bonds. The van der Waals surface area contributed by atoms with Crippen LogP contribution in [0.15, 0.2) is 29.1 Å². The highest BCUT2D eigenvalue weighted by Gasteiger charge is 2.52. The lowest BCUT2D eigenvalue weighted by Gasteiger charge is -2.35. The van der Waals surface area contributed by atoms with E-state index in [-0.39, 0.29) is 40.7 Å². The molecule has 1 aliphatic heterocycles. The predicted octanol–water partition coefficient (Wildman–Crippen LogP) is 3.97. The van der Waals surface area contributed by atoms with Crippen LogP contribution in [-0.4, -0.2) is 67.9 Å². The first-order valence-electron chi connectivity index (χ1n) is 12.9. The summed E-state index contributed by atoms with van der Waals surface area (Å²) in [6, 6.07) is 6.52. The Bertz CT molecular complexity index is 1540. The molecule has 39 heavy (non-hydrogen) atoms. The molecule has 2 fully saturated rings. The minimum Gasteiger partial charge on any atom is -0.476 e. The van der Waals surface area contributed by atoms with Crippen molar-refractivity contribution in [1.29, 1.82) is 0 Å². The van der Waals surface area contributed by atoms with Gasteiger partial charge in [-0.1, -0.05) is 17.7 Å². The number of benzene rings is 1. The van der Waals surface area contributed by atoms with Crippen LogP contribution in [0.3, 0.4) is 0 Å². The molecule has 12 heteroatoms. The highest BCUT2D eigenvalue weighted by atomic mass is 35.5. The third kappa shape index (κ3) is 4.98. The lowest BCUT2D eigenvalue weighted by atomic mass is 10.0. The monoisotopic (exact) mass is 554 g/mol. The fraction of sp³-hybridized carbons (Fsp3) is 0.444. The molecule has 206 valence electrons. The summed E-state index contributed by atoms with van der Waals surface area (Å²) in [5.74, 6) is -0.667. The molecule has 3 aromatic rings. The smallest absolute Gasteiger partial charge is 0.410 e. The molecule has 0 radical (unpaired) electrons. The van der Waals surface area contributed by atoms with Crippen LogP contribution in [0.25, 0.3) is 10.9 Å². The van der Waals surface area contributed by atoms with E-state index in [1.54, 1.807) is 22.6 Å². The molecule has 2 N–H and O–H groups in total. The maximum atomic E-state index is 13.6. The average molecular weight is 555 g/mol. The first kappa shape index (κ1) is 26.7. The molecule has 1 aromatic carbocycles. The number of piperazine rings is 1. The van der Waals surface area contributed by atoms with Gasteiger partial charge in [0.15, 0.2) is 5.69 Å². The number of nitrogens with one attached hydrogen (secondary N) is 1. The number of carboxylic acid groups (broad SMARTS) is 1. The summed E-state index contributed by atoms with van der Waals surface area (Å²) < 4.78 is 6.96. The highest BCUT2D eigenvalue weighted by molar-refractivity contribution is 6.29. The quantitative estimate of drug-likeness (QED) is 0.435. The van der Waals surface area contributed by atoms with E-state index in [0.717, 1.165) is 17.5 Å². The van der Waals surface area contributed by atoms with Crippen molar-refractivity contribution in [3.8, 4) is 0 Å². The van der Waals surface area contributed by atoms with Crippen molar-refractivity contribution in [1.82, 2.24) is 19.4 Å². The zero-order valence-corrected chi connectivity index (χ0v) is 23.2. The number of fused-ring (bicyclic) bond motifs is 2. The number of halogens is 1. The third-order valence-corrected chi connectivity index (χ3v) is 7.38. The molecule has 11 nitrogen and oxygen atoms in total. The van der Waals surface area contributed by atoms with Gasteiger partial charge in [0.1, 0.15) is 5.15 Å². The number of hydrogen-bond donors (Lipinski definition) is 2. The molecule has 2 aromatic heterocycles. The normalized spacial score (nSPS) is 19.2. The van der Waals surface area contributed by atoms with Crippen LogP contribution >= 0.6 is 11.6 Å². The van der Waals surface area contributed by atoms with Gasteiger partial charge in [0, 0.05) is 25.7 Å². The fourth-order valence-electron chi connectivity index (χ4n) is 5.28. The molecule has 0 bridgehead atoms. The maximum Gasteiger partial charge on any atom is 0.410 e. The minimum absolute atomic E-state index is 0.0162. The van der Waals surface area contributed by atoms with Crippen LogP contribution in [-0.2, 0) is 11.8 Å². The number of carbonyl (C=O) groups excluding carboxylic acids is 1. The number of anilines is 2. The van der Waals surface area contributed by atoms with Crippen molar-refractivity contribution in [2.24, 2.45) is 7.05 Å². The second-order valence-electron chi connectivity index (χ2n) is 10.4. The minimum atomic E-state index is -1.20. The number of rotatable bonds is 6. The molecule has 2 aliphatic rings. The Morgan fingerprint density at radius 3 is 2.59 bits per heavy atom. The number of carboxylic acids is 1. The Hall–Kier alpha value is -3.86. The van der Waals surface area contributed by atoms with E-state index in [4.69, 9.17) is 21.3 Å². The number of aromatic carboxylic acids is 1. The molecule has 5 rings (SSSR count). The van der Waals surface area contributed by atoms with Gasteiger partial charge in [-0.05, 0) is 57.9 Å². The predicted molar refractivity (Wildman–Crippen MR) is 148 cm³/mol. The van der Waals surface area contributed by atoms with E-state index in [9.17, 15) is 19.5 Å². The van der Waals surface area contributed by atoms with Crippen LogP contribution in [0.5, 0.6) is 0 Å². The van der Waals surface area contributed by atoms with E-state index in [2.05, 4.69) is 15.2 Å². The summed E-state index contributed by atoms with van der Waals surface area (Å²) in [5.41, 5.74) is 2.11. The maximum absolute atomic E-state index is 13.6. The number of carbonyl (C=O) groups is 2. The van der Waals surface area contributed by atoms with Crippen LogP contribution in [0, 0.1) is 6.92 Å². The van der Waals surface area contributed by atoms with Crippen LogP contribution in [0.4, 0.5) is 16.4 Å². The van der Waals surface area contributed by atoms with E-state index in [1.807, 2.05) is 39.8 Å². The summed E-state index contributed by atoms with van der Waals surface area (Å²) in [5, 5.41) is 13.4. The third-order valence-electron chi connectivity index (χ3n) is 7.17.